The van der Waals surface area contributed by atoms with Crippen LogP contribution in [0.4, 0.5) is 4.39 Å². The third kappa shape index (κ3) is 3.65. The van der Waals surface area contributed by atoms with Crippen LogP contribution in [0.2, 0.25) is 0 Å². The molecular formula is C20H17FN2O2S2. The molecule has 0 saturated heterocycles. The number of carbonyl (C=O) groups excluding carboxylic acids is 1. The number of ether oxygens (including phenoxy) is 1. The van der Waals surface area contributed by atoms with E-state index in [-0.39, 0.29) is 18.3 Å². The molecule has 0 fully saturated rings. The number of carbonyl (C=O) groups is 1. The molecule has 0 aliphatic carbocycles. The Balaban J connectivity index is 1.49. The number of rotatable bonds is 5. The normalized spacial score (nSPS) is 11.2. The van der Waals surface area contributed by atoms with Crippen LogP contribution >= 0.6 is 22.7 Å². The predicted octanol–water partition coefficient (Wildman–Crippen LogP) is 5.00. The van der Waals surface area contributed by atoms with Gasteiger partial charge in [0.2, 0.25) is 0 Å². The summed E-state index contributed by atoms with van der Waals surface area (Å²) < 4.78 is 21.0. The highest BCUT2D eigenvalue weighted by atomic mass is 32.1. The molecule has 0 aliphatic rings. The fourth-order valence-corrected chi connectivity index (χ4v) is 4.74. The van der Waals surface area contributed by atoms with E-state index in [0.717, 1.165) is 30.9 Å². The van der Waals surface area contributed by atoms with Crippen molar-refractivity contribution in [2.45, 2.75) is 13.5 Å². The average molecular weight is 401 g/mol. The third-order valence-electron chi connectivity index (χ3n) is 4.28. The highest BCUT2D eigenvalue weighted by molar-refractivity contribution is 7.21. The second kappa shape index (κ2) is 7.25. The van der Waals surface area contributed by atoms with E-state index in [2.05, 4.69) is 4.98 Å². The van der Waals surface area contributed by atoms with Gasteiger partial charge in [0.1, 0.15) is 11.6 Å². The summed E-state index contributed by atoms with van der Waals surface area (Å²) in [6.45, 7) is 2.34. The molecule has 7 heteroatoms. The fourth-order valence-electron chi connectivity index (χ4n) is 2.91. The van der Waals surface area contributed by atoms with Crippen molar-refractivity contribution in [3.63, 3.8) is 0 Å². The summed E-state index contributed by atoms with van der Waals surface area (Å²) in [5.74, 6) is 0.277. The van der Waals surface area contributed by atoms with Crippen molar-refractivity contribution in [3.05, 3.63) is 58.2 Å². The van der Waals surface area contributed by atoms with Gasteiger partial charge >= 0.3 is 0 Å². The zero-order valence-electron chi connectivity index (χ0n) is 14.9. The minimum Gasteiger partial charge on any atom is -0.483 e. The van der Waals surface area contributed by atoms with Gasteiger partial charge in [-0.1, -0.05) is 12.1 Å². The minimum absolute atomic E-state index is 0.0497. The topological polar surface area (TPSA) is 42.4 Å². The molecule has 4 nitrogen and oxygen atoms in total. The van der Waals surface area contributed by atoms with Crippen LogP contribution in [0, 0.1) is 12.7 Å². The Kier molecular flexibility index (Phi) is 4.80. The van der Waals surface area contributed by atoms with Crippen molar-refractivity contribution < 1.29 is 13.9 Å². The summed E-state index contributed by atoms with van der Waals surface area (Å²) in [5, 5.41) is 3.99. The van der Waals surface area contributed by atoms with Gasteiger partial charge in [-0.3, -0.25) is 4.79 Å². The van der Waals surface area contributed by atoms with E-state index in [4.69, 9.17) is 4.74 Å². The third-order valence-corrected chi connectivity index (χ3v) is 6.12. The molecule has 0 saturated carbocycles. The first-order chi connectivity index (χ1) is 13.0. The van der Waals surface area contributed by atoms with Crippen LogP contribution in [-0.4, -0.2) is 29.4 Å². The number of likely N-dealkylation sites (N-methyl/N-ethyl adjacent to an activating group) is 1. The maximum absolute atomic E-state index is 13.0. The van der Waals surface area contributed by atoms with Crippen LogP contribution < -0.4 is 4.74 Å². The summed E-state index contributed by atoms with van der Waals surface area (Å²) in [7, 11) is 1.71. The Labute approximate surface area is 163 Å². The number of aryl methyl sites for hydroxylation is 1. The van der Waals surface area contributed by atoms with Crippen LogP contribution in [0.5, 0.6) is 5.75 Å². The lowest BCUT2D eigenvalue weighted by atomic mass is 10.2. The highest BCUT2D eigenvalue weighted by Crippen LogP contribution is 2.38. The lowest BCUT2D eigenvalue weighted by Gasteiger charge is -2.18. The maximum Gasteiger partial charge on any atom is 0.260 e. The average Bonchev–Trinajstić information content (AvgIpc) is 3.27. The van der Waals surface area contributed by atoms with Crippen LogP contribution in [0.1, 0.15) is 10.6 Å². The number of hydrogen-bond donors (Lipinski definition) is 0. The first-order valence-electron chi connectivity index (χ1n) is 8.40. The lowest BCUT2D eigenvalue weighted by Crippen LogP contribution is -2.30. The molecule has 2 aromatic carbocycles. The van der Waals surface area contributed by atoms with E-state index < -0.39 is 0 Å². The van der Waals surface area contributed by atoms with E-state index >= 15 is 0 Å². The number of benzene rings is 2. The summed E-state index contributed by atoms with van der Waals surface area (Å²) in [5.41, 5.74) is 1.86. The van der Waals surface area contributed by atoms with Crippen LogP contribution in [0.25, 0.3) is 20.3 Å². The van der Waals surface area contributed by atoms with E-state index in [1.165, 1.54) is 12.1 Å². The number of hydrogen-bond acceptors (Lipinski definition) is 5. The quantitative estimate of drug-likeness (QED) is 0.474. The van der Waals surface area contributed by atoms with E-state index in [0.29, 0.717) is 12.3 Å². The standard InChI is InChI=1S/C20H17FN2O2S2/c1-12-22-19-17(27-12)9-16(15-7-8-26-20(15)19)25-11-18(24)23(2)10-13-3-5-14(21)6-4-13/h3-9H,10-11H2,1-2H3. The van der Waals surface area contributed by atoms with Crippen molar-refractivity contribution in [1.82, 2.24) is 9.88 Å². The first-order valence-corrected chi connectivity index (χ1v) is 10.1. The zero-order chi connectivity index (χ0) is 19.0. The molecule has 0 bridgehead atoms. The van der Waals surface area contributed by atoms with Crippen LogP contribution in [-0.2, 0) is 11.3 Å². The number of thiophene rings is 1. The van der Waals surface area contributed by atoms with Crippen molar-refractivity contribution in [1.29, 1.82) is 0 Å². The Morgan fingerprint density at radius 3 is 2.81 bits per heavy atom. The molecule has 4 rings (SSSR count). The Hall–Kier alpha value is -2.51. The minimum atomic E-state index is -0.287. The number of aromatic nitrogens is 1. The van der Waals surface area contributed by atoms with Crippen molar-refractivity contribution >= 4 is 48.9 Å². The van der Waals surface area contributed by atoms with Crippen molar-refractivity contribution in [3.8, 4) is 5.75 Å². The molecule has 0 N–H and O–H groups in total. The number of halogens is 1. The van der Waals surface area contributed by atoms with E-state index in [1.807, 2.05) is 24.4 Å². The van der Waals surface area contributed by atoms with Gasteiger partial charge in [-0.15, -0.1) is 22.7 Å². The zero-order valence-corrected chi connectivity index (χ0v) is 16.5. The van der Waals surface area contributed by atoms with E-state index in [1.54, 1.807) is 46.8 Å². The van der Waals surface area contributed by atoms with Crippen LogP contribution in [0.3, 0.4) is 0 Å². The molecule has 0 spiro atoms. The van der Waals surface area contributed by atoms with Gasteiger partial charge in [0.05, 0.1) is 19.9 Å². The van der Waals surface area contributed by atoms with Gasteiger partial charge in [-0.05, 0) is 36.1 Å². The molecule has 27 heavy (non-hydrogen) atoms. The Morgan fingerprint density at radius 2 is 2.04 bits per heavy atom. The SMILES string of the molecule is Cc1nc2c(cc(OCC(=O)N(C)Cc3ccc(F)cc3)c3ccsc32)s1. The summed E-state index contributed by atoms with van der Waals surface area (Å²) in [6.07, 6.45) is 0. The van der Waals surface area contributed by atoms with Crippen molar-refractivity contribution in [2.24, 2.45) is 0 Å². The molecule has 0 unspecified atom stereocenters. The number of amides is 1. The lowest BCUT2D eigenvalue weighted by molar-refractivity contribution is -0.132. The maximum atomic E-state index is 13.0. The smallest absolute Gasteiger partial charge is 0.260 e. The molecule has 0 radical (unpaired) electrons. The van der Waals surface area contributed by atoms with E-state index in [9.17, 15) is 9.18 Å². The fraction of sp³-hybridized carbons (Fsp3) is 0.200. The van der Waals surface area contributed by atoms with Gasteiger partial charge in [-0.2, -0.15) is 0 Å². The van der Waals surface area contributed by atoms with Gasteiger partial charge < -0.3 is 9.64 Å². The second-order valence-electron chi connectivity index (χ2n) is 6.28. The second-order valence-corrected chi connectivity index (χ2v) is 8.43. The summed E-state index contributed by atoms with van der Waals surface area (Å²) >= 11 is 3.24. The molecule has 0 atom stereocenters. The predicted molar refractivity (Wildman–Crippen MR) is 108 cm³/mol. The van der Waals surface area contributed by atoms with Gasteiger partial charge in [0.15, 0.2) is 6.61 Å². The van der Waals surface area contributed by atoms with Gasteiger partial charge in [-0.25, -0.2) is 9.37 Å². The summed E-state index contributed by atoms with van der Waals surface area (Å²) in [4.78, 5) is 18.6. The van der Waals surface area contributed by atoms with Crippen LogP contribution in [0.15, 0.2) is 41.8 Å². The number of fused-ring (bicyclic) bond motifs is 3. The van der Waals surface area contributed by atoms with Gasteiger partial charge in [0.25, 0.3) is 5.91 Å². The number of nitrogens with zero attached hydrogens (tertiary/aromatic N) is 2. The number of thiazole rings is 1. The molecule has 138 valence electrons. The molecule has 2 heterocycles. The largest absolute Gasteiger partial charge is 0.483 e. The molecular weight excluding hydrogens is 383 g/mol. The molecule has 1 amide bonds. The van der Waals surface area contributed by atoms with Gasteiger partial charge in [0, 0.05) is 25.0 Å². The monoisotopic (exact) mass is 400 g/mol. The Bertz CT molecular complexity index is 1120. The molecule has 0 aliphatic heterocycles. The molecule has 4 aromatic rings. The summed E-state index contributed by atoms with van der Waals surface area (Å²) in [6, 6.07) is 10.1. The molecule has 2 aromatic heterocycles. The Morgan fingerprint density at radius 1 is 1.26 bits per heavy atom. The highest BCUT2D eigenvalue weighted by Gasteiger charge is 2.15. The first kappa shape index (κ1) is 17.9. The van der Waals surface area contributed by atoms with Crippen molar-refractivity contribution in [2.75, 3.05) is 13.7 Å².